The van der Waals surface area contributed by atoms with Crippen LogP contribution in [0.25, 0.3) is 0 Å². The molecule has 1 unspecified atom stereocenters. The predicted molar refractivity (Wildman–Crippen MR) is 119 cm³/mol. The van der Waals surface area contributed by atoms with Crippen molar-refractivity contribution >= 4 is 11.6 Å². The minimum absolute atomic E-state index is 0.0339. The molecule has 0 aliphatic heterocycles. The molecule has 0 spiro atoms. The van der Waals surface area contributed by atoms with Crippen molar-refractivity contribution in [2.75, 3.05) is 7.11 Å². The minimum Gasteiger partial charge on any atom is -0.481 e. The van der Waals surface area contributed by atoms with Crippen LogP contribution in [-0.4, -0.2) is 27.8 Å². The summed E-state index contributed by atoms with van der Waals surface area (Å²) in [7, 11) is 1.38. The Morgan fingerprint density at radius 2 is 1.91 bits per heavy atom. The van der Waals surface area contributed by atoms with Gasteiger partial charge in [-0.2, -0.15) is 18.4 Å². The summed E-state index contributed by atoms with van der Waals surface area (Å²) in [5.74, 6) is -0.959. The lowest BCUT2D eigenvalue weighted by Crippen LogP contribution is -2.28. The van der Waals surface area contributed by atoms with Crippen LogP contribution in [0.2, 0.25) is 5.02 Å². The number of aryl methyl sites for hydroxylation is 2. The van der Waals surface area contributed by atoms with Crippen molar-refractivity contribution in [1.82, 2.24) is 14.5 Å². The standard InChI is InChI=1S/C23H19ClF4N4O3/c1-11-5-12(2)31-21(34-4)16(11)9-32-10-30-18(20(25)23(26,27)28)19(22(32)33)35-17-7-15(24)6-14(8-29)13(17)3/h5-7,10,20H,9H2,1-4H3. The Balaban J connectivity index is 2.20. The molecule has 0 aliphatic rings. The molecular weight excluding hydrogens is 492 g/mol. The SMILES string of the molecule is COc1nc(C)cc(C)c1Cn1cnc(C(F)C(F)(F)F)c(Oc2cc(Cl)cc(C#N)c2C)c1=O. The fourth-order valence-corrected chi connectivity index (χ4v) is 3.58. The first-order valence-electron chi connectivity index (χ1n) is 10.1. The fraction of sp³-hybridized carbons (Fsp3) is 0.304. The first-order valence-corrected chi connectivity index (χ1v) is 10.4. The zero-order valence-corrected chi connectivity index (χ0v) is 19.8. The molecule has 0 amide bonds. The lowest BCUT2D eigenvalue weighted by Gasteiger charge is -2.19. The van der Waals surface area contributed by atoms with E-state index in [1.54, 1.807) is 19.9 Å². The minimum atomic E-state index is -5.34. The molecule has 2 heterocycles. The van der Waals surface area contributed by atoms with Gasteiger partial charge in [-0.1, -0.05) is 11.6 Å². The summed E-state index contributed by atoms with van der Waals surface area (Å²) in [5, 5.41) is 9.31. The van der Waals surface area contributed by atoms with Gasteiger partial charge in [0.2, 0.25) is 17.8 Å². The fourth-order valence-electron chi connectivity index (χ4n) is 3.37. The Hall–Kier alpha value is -3.65. The van der Waals surface area contributed by atoms with Gasteiger partial charge in [0.05, 0.1) is 31.6 Å². The smallest absolute Gasteiger partial charge is 0.425 e. The zero-order chi connectivity index (χ0) is 26.1. The van der Waals surface area contributed by atoms with Gasteiger partial charge >= 0.3 is 6.18 Å². The van der Waals surface area contributed by atoms with Gasteiger partial charge in [0, 0.05) is 21.8 Å². The molecule has 2 aromatic heterocycles. The maximum absolute atomic E-state index is 14.4. The average Bonchev–Trinajstić information content (AvgIpc) is 2.78. The van der Waals surface area contributed by atoms with Gasteiger partial charge in [-0.05, 0) is 44.5 Å². The number of pyridine rings is 1. The van der Waals surface area contributed by atoms with Crippen LogP contribution in [0.4, 0.5) is 17.6 Å². The van der Waals surface area contributed by atoms with Crippen LogP contribution >= 0.6 is 11.6 Å². The first kappa shape index (κ1) is 26.0. The largest absolute Gasteiger partial charge is 0.481 e. The van der Waals surface area contributed by atoms with Gasteiger partial charge in [-0.25, -0.2) is 14.4 Å². The van der Waals surface area contributed by atoms with E-state index in [0.717, 1.165) is 10.9 Å². The number of hydrogen-bond acceptors (Lipinski definition) is 6. The number of methoxy groups -OCH3 is 1. The Labute approximate surface area is 202 Å². The van der Waals surface area contributed by atoms with Gasteiger partial charge in [0.25, 0.3) is 5.56 Å². The molecule has 3 rings (SSSR count). The summed E-state index contributed by atoms with van der Waals surface area (Å²) < 4.78 is 65.7. The van der Waals surface area contributed by atoms with Gasteiger partial charge in [0.1, 0.15) is 11.4 Å². The number of benzene rings is 1. The molecule has 0 aliphatic carbocycles. The second-order valence-electron chi connectivity index (χ2n) is 7.65. The van der Waals surface area contributed by atoms with Crippen LogP contribution in [0.15, 0.2) is 29.3 Å². The number of halogens is 5. The molecule has 0 saturated heterocycles. The van der Waals surface area contributed by atoms with Crippen LogP contribution in [0.1, 0.15) is 39.8 Å². The quantitative estimate of drug-likeness (QED) is 0.406. The predicted octanol–water partition coefficient (Wildman–Crippen LogP) is 5.51. The van der Waals surface area contributed by atoms with Gasteiger partial charge < -0.3 is 9.47 Å². The Kier molecular flexibility index (Phi) is 7.36. The summed E-state index contributed by atoms with van der Waals surface area (Å²) in [6, 6.07) is 6.13. The van der Waals surface area contributed by atoms with E-state index in [2.05, 4.69) is 9.97 Å². The second kappa shape index (κ2) is 9.92. The normalized spacial score (nSPS) is 12.2. The lowest BCUT2D eigenvalue weighted by atomic mass is 10.1. The number of nitriles is 1. The van der Waals surface area contributed by atoms with E-state index in [1.807, 2.05) is 6.07 Å². The third-order valence-corrected chi connectivity index (χ3v) is 5.39. The summed E-state index contributed by atoms with van der Waals surface area (Å²) in [4.78, 5) is 21.1. The van der Waals surface area contributed by atoms with Crippen molar-refractivity contribution in [3.8, 4) is 23.4 Å². The number of alkyl halides is 4. The van der Waals surface area contributed by atoms with E-state index < -0.39 is 29.4 Å². The van der Waals surface area contributed by atoms with Crippen LogP contribution < -0.4 is 15.0 Å². The van der Waals surface area contributed by atoms with E-state index >= 15 is 0 Å². The molecule has 184 valence electrons. The number of rotatable bonds is 6. The van der Waals surface area contributed by atoms with Gasteiger partial charge in [-0.15, -0.1) is 0 Å². The van der Waals surface area contributed by atoms with Crippen LogP contribution in [0, 0.1) is 32.1 Å². The van der Waals surface area contributed by atoms with Crippen molar-refractivity contribution in [3.05, 3.63) is 73.5 Å². The summed E-state index contributed by atoms with van der Waals surface area (Å²) in [5.41, 5.74) is -0.237. The maximum Gasteiger partial charge on any atom is 0.425 e. The third kappa shape index (κ3) is 5.38. The number of hydrogen-bond donors (Lipinski definition) is 0. The highest BCUT2D eigenvalue weighted by atomic mass is 35.5. The number of aromatic nitrogens is 3. The van der Waals surface area contributed by atoms with E-state index in [4.69, 9.17) is 21.1 Å². The van der Waals surface area contributed by atoms with E-state index in [0.29, 0.717) is 16.8 Å². The number of nitrogens with zero attached hydrogens (tertiary/aromatic N) is 4. The highest BCUT2D eigenvalue weighted by molar-refractivity contribution is 6.30. The van der Waals surface area contributed by atoms with Gasteiger partial charge in [-0.3, -0.25) is 9.36 Å². The van der Waals surface area contributed by atoms with Crippen molar-refractivity contribution in [2.45, 2.75) is 39.7 Å². The Morgan fingerprint density at radius 3 is 2.51 bits per heavy atom. The van der Waals surface area contributed by atoms with Crippen LogP contribution in [-0.2, 0) is 6.54 Å². The Bertz CT molecular complexity index is 1380. The molecule has 35 heavy (non-hydrogen) atoms. The summed E-state index contributed by atoms with van der Waals surface area (Å²) in [6.07, 6.45) is -8.13. The molecule has 0 radical (unpaired) electrons. The van der Waals surface area contributed by atoms with Crippen molar-refractivity contribution in [3.63, 3.8) is 0 Å². The van der Waals surface area contributed by atoms with Crippen molar-refractivity contribution < 1.29 is 27.0 Å². The summed E-state index contributed by atoms with van der Waals surface area (Å²) >= 11 is 5.98. The molecule has 3 aromatic rings. The second-order valence-corrected chi connectivity index (χ2v) is 8.09. The molecular formula is C23H19ClF4N4O3. The van der Waals surface area contributed by atoms with E-state index in [-0.39, 0.29) is 34.3 Å². The molecule has 1 atom stereocenters. The monoisotopic (exact) mass is 510 g/mol. The Morgan fingerprint density at radius 1 is 1.23 bits per heavy atom. The van der Waals surface area contributed by atoms with E-state index in [1.165, 1.54) is 26.2 Å². The average molecular weight is 511 g/mol. The molecule has 0 N–H and O–H groups in total. The molecule has 0 fully saturated rings. The molecule has 7 nitrogen and oxygen atoms in total. The summed E-state index contributed by atoms with van der Waals surface area (Å²) in [6.45, 7) is 4.75. The highest BCUT2D eigenvalue weighted by Gasteiger charge is 2.45. The highest BCUT2D eigenvalue weighted by Crippen LogP contribution is 2.40. The number of ether oxygens (including phenoxy) is 2. The third-order valence-electron chi connectivity index (χ3n) is 5.17. The zero-order valence-electron chi connectivity index (χ0n) is 19.0. The van der Waals surface area contributed by atoms with Gasteiger partial charge in [0.15, 0.2) is 0 Å². The molecule has 0 saturated carbocycles. The van der Waals surface area contributed by atoms with Crippen LogP contribution in [0.5, 0.6) is 17.4 Å². The van der Waals surface area contributed by atoms with Crippen molar-refractivity contribution in [1.29, 1.82) is 5.26 Å². The molecule has 0 bridgehead atoms. The maximum atomic E-state index is 14.4. The first-order chi connectivity index (χ1) is 16.4. The lowest BCUT2D eigenvalue weighted by molar-refractivity contribution is -0.184. The molecule has 1 aromatic carbocycles. The topological polar surface area (TPSA) is 90.0 Å². The van der Waals surface area contributed by atoms with Crippen molar-refractivity contribution in [2.24, 2.45) is 0 Å². The van der Waals surface area contributed by atoms with E-state index in [9.17, 15) is 27.6 Å². The van der Waals surface area contributed by atoms with Crippen LogP contribution in [0.3, 0.4) is 0 Å². The molecule has 12 heteroatoms.